The van der Waals surface area contributed by atoms with Crippen LogP contribution in [0, 0.1) is 6.92 Å². The second kappa shape index (κ2) is 8.64. The van der Waals surface area contributed by atoms with Crippen molar-refractivity contribution in [2.24, 2.45) is 0 Å². The summed E-state index contributed by atoms with van der Waals surface area (Å²) in [6.45, 7) is 9.04. The van der Waals surface area contributed by atoms with Crippen molar-refractivity contribution in [2.75, 3.05) is 13.2 Å². The zero-order valence-electron chi connectivity index (χ0n) is 14.9. The van der Waals surface area contributed by atoms with Gasteiger partial charge in [0.25, 0.3) is 5.91 Å². The number of hydrogen-bond donors (Lipinski definition) is 1. The molecule has 1 amide bonds. The van der Waals surface area contributed by atoms with Gasteiger partial charge in [0.1, 0.15) is 5.76 Å². The van der Waals surface area contributed by atoms with Crippen LogP contribution in [0.3, 0.4) is 0 Å². The summed E-state index contributed by atoms with van der Waals surface area (Å²) >= 11 is 0. The van der Waals surface area contributed by atoms with E-state index in [1.807, 2.05) is 38.1 Å². The second-order valence-corrected chi connectivity index (χ2v) is 6.00. The summed E-state index contributed by atoms with van der Waals surface area (Å²) in [6.07, 6.45) is 1.96. The maximum absolute atomic E-state index is 12.2. The molecule has 2 aromatic rings. The van der Waals surface area contributed by atoms with Gasteiger partial charge in [0.15, 0.2) is 5.69 Å². The second-order valence-electron chi connectivity index (χ2n) is 6.00. The van der Waals surface area contributed by atoms with Crippen molar-refractivity contribution in [1.82, 2.24) is 10.3 Å². The average molecular weight is 330 g/mol. The molecule has 1 aromatic carbocycles. The minimum Gasteiger partial charge on any atom is -0.441 e. The lowest BCUT2D eigenvalue weighted by molar-refractivity contribution is 0.0756. The quantitative estimate of drug-likeness (QED) is 0.749. The highest BCUT2D eigenvalue weighted by Crippen LogP contribution is 2.22. The van der Waals surface area contributed by atoms with E-state index in [0.29, 0.717) is 30.5 Å². The van der Waals surface area contributed by atoms with Crippen LogP contribution in [0.15, 0.2) is 28.7 Å². The fraction of sp³-hybridized carbons (Fsp3) is 0.474. The van der Waals surface area contributed by atoms with Gasteiger partial charge in [-0.25, -0.2) is 4.98 Å². The molecule has 0 fully saturated rings. The van der Waals surface area contributed by atoms with Crippen LogP contribution in [0.2, 0.25) is 0 Å². The van der Waals surface area contributed by atoms with Gasteiger partial charge in [-0.15, -0.1) is 0 Å². The first-order valence-corrected chi connectivity index (χ1v) is 8.47. The number of aromatic nitrogens is 1. The number of hydrogen-bond acceptors (Lipinski definition) is 4. The first-order valence-electron chi connectivity index (χ1n) is 8.47. The van der Waals surface area contributed by atoms with E-state index >= 15 is 0 Å². The molecule has 0 aliphatic heterocycles. The topological polar surface area (TPSA) is 64.4 Å². The summed E-state index contributed by atoms with van der Waals surface area (Å²) in [5, 5.41) is 2.86. The molecule has 1 N–H and O–H groups in total. The van der Waals surface area contributed by atoms with Gasteiger partial charge in [-0.2, -0.15) is 0 Å². The highest BCUT2D eigenvalue weighted by atomic mass is 16.5. The van der Waals surface area contributed by atoms with Gasteiger partial charge in [-0.05, 0) is 51.3 Å². The molecule has 0 unspecified atom stereocenters. The fourth-order valence-electron chi connectivity index (χ4n) is 2.29. The number of benzene rings is 1. The molecule has 0 atom stereocenters. The molecule has 0 aliphatic carbocycles. The maximum atomic E-state index is 12.2. The van der Waals surface area contributed by atoms with Gasteiger partial charge in [-0.3, -0.25) is 4.79 Å². The lowest BCUT2D eigenvalue weighted by atomic mass is 10.1. The third-order valence-electron chi connectivity index (χ3n) is 3.68. The summed E-state index contributed by atoms with van der Waals surface area (Å²) in [6, 6.07) is 8.02. The SMILES string of the molecule is CCc1ccc(-c2nc(C(=O)NCCCOC(C)C)c(C)o2)cc1. The highest BCUT2D eigenvalue weighted by Gasteiger charge is 2.17. The van der Waals surface area contributed by atoms with E-state index in [1.165, 1.54) is 5.56 Å². The number of rotatable bonds is 8. The smallest absolute Gasteiger partial charge is 0.273 e. The Morgan fingerprint density at radius 2 is 2.00 bits per heavy atom. The molecule has 2 rings (SSSR count). The van der Waals surface area contributed by atoms with Gasteiger partial charge >= 0.3 is 0 Å². The number of nitrogens with one attached hydrogen (secondary N) is 1. The highest BCUT2D eigenvalue weighted by molar-refractivity contribution is 5.93. The third-order valence-corrected chi connectivity index (χ3v) is 3.68. The predicted octanol–water partition coefficient (Wildman–Crippen LogP) is 3.76. The molecule has 5 heteroatoms. The van der Waals surface area contributed by atoms with Crippen LogP contribution < -0.4 is 5.32 Å². The summed E-state index contributed by atoms with van der Waals surface area (Å²) in [7, 11) is 0. The van der Waals surface area contributed by atoms with E-state index in [4.69, 9.17) is 9.15 Å². The number of amides is 1. The Morgan fingerprint density at radius 3 is 2.62 bits per heavy atom. The Labute approximate surface area is 143 Å². The van der Waals surface area contributed by atoms with Crippen molar-refractivity contribution >= 4 is 5.91 Å². The van der Waals surface area contributed by atoms with Gasteiger partial charge < -0.3 is 14.5 Å². The van der Waals surface area contributed by atoms with Crippen LogP contribution >= 0.6 is 0 Å². The van der Waals surface area contributed by atoms with E-state index in [-0.39, 0.29) is 12.0 Å². The minimum absolute atomic E-state index is 0.208. The fourth-order valence-corrected chi connectivity index (χ4v) is 2.29. The number of nitrogens with zero attached hydrogens (tertiary/aromatic N) is 1. The van der Waals surface area contributed by atoms with Crippen molar-refractivity contribution in [3.8, 4) is 11.5 Å². The molecule has 0 radical (unpaired) electrons. The van der Waals surface area contributed by atoms with E-state index in [2.05, 4.69) is 17.2 Å². The van der Waals surface area contributed by atoms with Crippen LogP contribution in [-0.4, -0.2) is 30.1 Å². The summed E-state index contributed by atoms with van der Waals surface area (Å²) in [4.78, 5) is 16.6. The summed E-state index contributed by atoms with van der Waals surface area (Å²) < 4.78 is 11.1. The zero-order valence-corrected chi connectivity index (χ0v) is 14.9. The van der Waals surface area contributed by atoms with E-state index in [0.717, 1.165) is 18.4 Å². The van der Waals surface area contributed by atoms with Gasteiger partial charge in [-0.1, -0.05) is 19.1 Å². The van der Waals surface area contributed by atoms with Crippen LogP contribution in [0.4, 0.5) is 0 Å². The molecule has 0 saturated heterocycles. The average Bonchev–Trinajstić information content (AvgIpc) is 2.96. The monoisotopic (exact) mass is 330 g/mol. The van der Waals surface area contributed by atoms with E-state index in [1.54, 1.807) is 6.92 Å². The van der Waals surface area contributed by atoms with Crippen LogP contribution in [0.1, 0.15) is 49.0 Å². The molecule has 0 bridgehead atoms. The lowest BCUT2D eigenvalue weighted by Crippen LogP contribution is -2.26. The number of carbonyl (C=O) groups is 1. The first kappa shape index (κ1) is 18.2. The summed E-state index contributed by atoms with van der Waals surface area (Å²) in [5.41, 5.74) is 2.47. The van der Waals surface area contributed by atoms with Crippen LogP contribution in [0.25, 0.3) is 11.5 Å². The number of aryl methyl sites for hydroxylation is 2. The van der Waals surface area contributed by atoms with E-state index in [9.17, 15) is 4.79 Å². The Hall–Kier alpha value is -2.14. The predicted molar refractivity (Wildman–Crippen MR) is 94.1 cm³/mol. The largest absolute Gasteiger partial charge is 0.441 e. The Kier molecular flexibility index (Phi) is 6.55. The molecule has 0 saturated carbocycles. The molecule has 1 aromatic heterocycles. The van der Waals surface area contributed by atoms with E-state index < -0.39 is 0 Å². The van der Waals surface area contributed by atoms with Crippen molar-refractivity contribution in [3.63, 3.8) is 0 Å². The lowest BCUT2D eigenvalue weighted by Gasteiger charge is -2.07. The van der Waals surface area contributed by atoms with Crippen molar-refractivity contribution in [2.45, 2.75) is 46.6 Å². The molecule has 24 heavy (non-hydrogen) atoms. The minimum atomic E-state index is -0.211. The van der Waals surface area contributed by atoms with Crippen molar-refractivity contribution < 1.29 is 13.9 Å². The number of ether oxygens (including phenoxy) is 1. The van der Waals surface area contributed by atoms with Crippen molar-refractivity contribution in [1.29, 1.82) is 0 Å². The van der Waals surface area contributed by atoms with Gasteiger partial charge in [0, 0.05) is 18.7 Å². The molecule has 0 aliphatic rings. The normalized spacial score (nSPS) is 11.0. The molecule has 0 spiro atoms. The summed E-state index contributed by atoms with van der Waals surface area (Å²) in [5.74, 6) is 0.793. The zero-order chi connectivity index (χ0) is 17.5. The third kappa shape index (κ3) is 4.93. The van der Waals surface area contributed by atoms with Crippen molar-refractivity contribution in [3.05, 3.63) is 41.3 Å². The maximum Gasteiger partial charge on any atom is 0.273 e. The standard InChI is InChI=1S/C19H26N2O3/c1-5-15-7-9-16(10-8-15)19-21-17(14(4)24-19)18(22)20-11-6-12-23-13(2)3/h7-10,13H,5-6,11-12H2,1-4H3,(H,20,22). The Morgan fingerprint density at radius 1 is 1.29 bits per heavy atom. The Bertz CT molecular complexity index is 660. The Balaban J connectivity index is 1.96. The van der Waals surface area contributed by atoms with Gasteiger partial charge in [0.05, 0.1) is 6.10 Å². The van der Waals surface area contributed by atoms with Crippen LogP contribution in [-0.2, 0) is 11.2 Å². The molecule has 1 heterocycles. The first-order chi connectivity index (χ1) is 11.5. The molecule has 130 valence electrons. The molecular weight excluding hydrogens is 304 g/mol. The number of carbonyl (C=O) groups excluding carboxylic acids is 1. The molecule has 5 nitrogen and oxygen atoms in total. The van der Waals surface area contributed by atoms with Crippen LogP contribution in [0.5, 0.6) is 0 Å². The number of oxazole rings is 1. The molecular formula is C19H26N2O3. The van der Waals surface area contributed by atoms with Gasteiger partial charge in [0.2, 0.25) is 5.89 Å².